The molecule has 0 aliphatic rings. The SMILES string of the molecule is CCC(CC)(CO)Nc1nc(Cl)c(Cl)cc1Cl. The van der Waals surface area contributed by atoms with Crippen molar-refractivity contribution in [2.24, 2.45) is 0 Å². The minimum Gasteiger partial charge on any atom is -0.394 e. The van der Waals surface area contributed by atoms with Gasteiger partial charge in [-0.15, -0.1) is 0 Å². The highest BCUT2D eigenvalue weighted by molar-refractivity contribution is 6.42. The Bertz CT molecular complexity index is 386. The van der Waals surface area contributed by atoms with Crippen LogP contribution < -0.4 is 5.32 Å². The zero-order valence-electron chi connectivity index (χ0n) is 9.73. The summed E-state index contributed by atoms with van der Waals surface area (Å²) < 4.78 is 0. The monoisotopic (exact) mass is 296 g/mol. The number of pyridine rings is 1. The molecule has 0 fully saturated rings. The molecule has 0 aliphatic heterocycles. The number of halogens is 3. The molecule has 3 nitrogen and oxygen atoms in total. The molecule has 0 spiro atoms. The predicted octanol–water partition coefficient (Wildman–Crippen LogP) is 4.00. The Morgan fingerprint density at radius 1 is 1.24 bits per heavy atom. The Kier molecular flexibility index (Phi) is 5.32. The van der Waals surface area contributed by atoms with E-state index >= 15 is 0 Å². The predicted molar refractivity (Wildman–Crippen MR) is 73.3 cm³/mol. The first-order valence-corrected chi connectivity index (χ1v) is 6.52. The summed E-state index contributed by atoms with van der Waals surface area (Å²) >= 11 is 17.7. The van der Waals surface area contributed by atoms with Gasteiger partial charge in [-0.1, -0.05) is 48.7 Å². The van der Waals surface area contributed by atoms with Gasteiger partial charge in [0.1, 0.15) is 11.0 Å². The van der Waals surface area contributed by atoms with E-state index in [1.54, 1.807) is 0 Å². The highest BCUT2D eigenvalue weighted by Crippen LogP contribution is 2.31. The average molecular weight is 298 g/mol. The fourth-order valence-corrected chi connectivity index (χ4v) is 2.02. The van der Waals surface area contributed by atoms with Gasteiger partial charge in [0.15, 0.2) is 0 Å². The molecule has 2 N–H and O–H groups in total. The molecule has 0 saturated heterocycles. The maximum Gasteiger partial charge on any atom is 0.150 e. The molecule has 1 aromatic rings. The van der Waals surface area contributed by atoms with Crippen molar-refractivity contribution in [1.29, 1.82) is 0 Å². The van der Waals surface area contributed by atoms with Crippen molar-refractivity contribution in [1.82, 2.24) is 4.98 Å². The van der Waals surface area contributed by atoms with E-state index in [9.17, 15) is 5.11 Å². The Morgan fingerprint density at radius 3 is 2.29 bits per heavy atom. The summed E-state index contributed by atoms with van der Waals surface area (Å²) in [5.41, 5.74) is -0.437. The third-order valence-electron chi connectivity index (χ3n) is 2.93. The summed E-state index contributed by atoms with van der Waals surface area (Å²) in [6.45, 7) is 3.97. The summed E-state index contributed by atoms with van der Waals surface area (Å²) in [4.78, 5) is 4.08. The van der Waals surface area contributed by atoms with Crippen LogP contribution in [0.3, 0.4) is 0 Å². The van der Waals surface area contributed by atoms with E-state index in [1.165, 1.54) is 6.07 Å². The van der Waals surface area contributed by atoms with E-state index in [4.69, 9.17) is 34.8 Å². The Hall–Kier alpha value is -0.220. The number of aliphatic hydroxyl groups is 1. The molecule has 1 heterocycles. The van der Waals surface area contributed by atoms with E-state index in [1.807, 2.05) is 13.8 Å². The van der Waals surface area contributed by atoms with Crippen LogP contribution in [-0.2, 0) is 0 Å². The van der Waals surface area contributed by atoms with E-state index in [0.29, 0.717) is 15.9 Å². The highest BCUT2D eigenvalue weighted by atomic mass is 35.5. The van der Waals surface area contributed by atoms with Crippen molar-refractivity contribution in [3.05, 3.63) is 21.3 Å². The topological polar surface area (TPSA) is 45.1 Å². The summed E-state index contributed by atoms with van der Waals surface area (Å²) in [7, 11) is 0. The average Bonchev–Trinajstić information content (AvgIpc) is 2.33. The van der Waals surface area contributed by atoms with Crippen molar-refractivity contribution >= 4 is 40.6 Å². The standard InChI is InChI=1S/C11H15Cl3N2O/c1-3-11(4-2,6-17)16-10-8(13)5-7(12)9(14)15-10/h5,17H,3-4,6H2,1-2H3,(H,15,16). The van der Waals surface area contributed by atoms with Crippen LogP contribution >= 0.6 is 34.8 Å². The summed E-state index contributed by atoms with van der Waals surface area (Å²) in [5, 5.41) is 13.5. The molecule has 96 valence electrons. The highest BCUT2D eigenvalue weighted by Gasteiger charge is 2.26. The third-order valence-corrected chi connectivity index (χ3v) is 3.89. The normalized spacial score (nSPS) is 11.6. The minimum absolute atomic E-state index is 0.00173. The summed E-state index contributed by atoms with van der Waals surface area (Å²) in [6.07, 6.45) is 1.50. The van der Waals surface area contributed by atoms with E-state index in [-0.39, 0.29) is 11.8 Å². The molecule has 0 radical (unpaired) electrons. The molecular weight excluding hydrogens is 282 g/mol. The second-order valence-corrected chi connectivity index (χ2v) is 5.03. The van der Waals surface area contributed by atoms with Crippen LogP contribution in [0.5, 0.6) is 0 Å². The molecule has 0 unspecified atom stereocenters. The van der Waals surface area contributed by atoms with Gasteiger partial charge in [-0.2, -0.15) is 0 Å². The molecule has 0 bridgehead atoms. The lowest BCUT2D eigenvalue weighted by atomic mass is 9.94. The molecule has 0 saturated carbocycles. The summed E-state index contributed by atoms with van der Waals surface area (Å²) in [5.74, 6) is 0.443. The van der Waals surface area contributed by atoms with Crippen molar-refractivity contribution in [3.63, 3.8) is 0 Å². The lowest BCUT2D eigenvalue weighted by Gasteiger charge is -2.31. The largest absolute Gasteiger partial charge is 0.394 e. The maximum atomic E-state index is 9.46. The number of nitrogens with zero attached hydrogens (tertiary/aromatic N) is 1. The smallest absolute Gasteiger partial charge is 0.150 e. The van der Waals surface area contributed by atoms with Crippen molar-refractivity contribution < 1.29 is 5.11 Å². The van der Waals surface area contributed by atoms with Crippen LogP contribution in [0.4, 0.5) is 5.82 Å². The molecule has 1 rings (SSSR count). The van der Waals surface area contributed by atoms with Gasteiger partial charge in [-0.25, -0.2) is 4.98 Å². The number of aromatic nitrogens is 1. The van der Waals surface area contributed by atoms with Gasteiger partial charge in [0.25, 0.3) is 0 Å². The van der Waals surface area contributed by atoms with Crippen molar-refractivity contribution in [2.45, 2.75) is 32.2 Å². The van der Waals surface area contributed by atoms with Crippen LogP contribution in [0, 0.1) is 0 Å². The number of nitrogens with one attached hydrogen (secondary N) is 1. The molecule has 1 aromatic heterocycles. The molecule has 6 heteroatoms. The molecule has 0 aromatic carbocycles. The zero-order valence-corrected chi connectivity index (χ0v) is 12.0. The maximum absolute atomic E-state index is 9.46. The van der Waals surface area contributed by atoms with Gasteiger partial charge in [0.2, 0.25) is 0 Å². The third kappa shape index (κ3) is 3.38. The number of rotatable bonds is 5. The van der Waals surface area contributed by atoms with Crippen molar-refractivity contribution in [3.8, 4) is 0 Å². The van der Waals surface area contributed by atoms with Gasteiger partial charge in [-0.3, -0.25) is 0 Å². The number of anilines is 1. The lowest BCUT2D eigenvalue weighted by Crippen LogP contribution is -2.41. The fourth-order valence-electron chi connectivity index (χ4n) is 1.47. The van der Waals surface area contributed by atoms with Crippen molar-refractivity contribution in [2.75, 3.05) is 11.9 Å². The van der Waals surface area contributed by atoms with Crippen LogP contribution in [0.25, 0.3) is 0 Å². The van der Waals surface area contributed by atoms with Gasteiger partial charge in [-0.05, 0) is 18.9 Å². The first kappa shape index (κ1) is 14.8. The lowest BCUT2D eigenvalue weighted by molar-refractivity contribution is 0.202. The Balaban J connectivity index is 3.05. The number of hydrogen-bond acceptors (Lipinski definition) is 3. The Labute approximate surface area is 116 Å². The van der Waals surface area contributed by atoms with Crippen LogP contribution in [-0.4, -0.2) is 22.2 Å². The minimum atomic E-state index is -0.437. The van der Waals surface area contributed by atoms with E-state index in [0.717, 1.165) is 12.8 Å². The van der Waals surface area contributed by atoms with Crippen LogP contribution in [0.15, 0.2) is 6.07 Å². The number of aliphatic hydroxyl groups excluding tert-OH is 1. The fraction of sp³-hybridized carbons (Fsp3) is 0.545. The summed E-state index contributed by atoms with van der Waals surface area (Å²) in [6, 6.07) is 1.54. The van der Waals surface area contributed by atoms with E-state index < -0.39 is 5.54 Å². The van der Waals surface area contributed by atoms with Gasteiger partial charge in [0.05, 0.1) is 22.2 Å². The zero-order chi connectivity index (χ0) is 13.1. The van der Waals surface area contributed by atoms with Crippen LogP contribution in [0.2, 0.25) is 15.2 Å². The Morgan fingerprint density at radius 2 is 1.82 bits per heavy atom. The quantitative estimate of drug-likeness (QED) is 0.807. The second-order valence-electron chi connectivity index (χ2n) is 3.86. The molecule has 17 heavy (non-hydrogen) atoms. The molecule has 0 atom stereocenters. The van der Waals surface area contributed by atoms with Crippen LogP contribution in [0.1, 0.15) is 26.7 Å². The number of hydrogen-bond donors (Lipinski definition) is 2. The second kappa shape index (κ2) is 6.10. The first-order valence-electron chi connectivity index (χ1n) is 5.38. The van der Waals surface area contributed by atoms with Gasteiger partial charge < -0.3 is 10.4 Å². The molecular formula is C11H15Cl3N2O. The van der Waals surface area contributed by atoms with Gasteiger partial charge >= 0.3 is 0 Å². The van der Waals surface area contributed by atoms with Gasteiger partial charge in [0, 0.05) is 0 Å². The molecule has 0 amide bonds. The molecule has 0 aliphatic carbocycles. The first-order chi connectivity index (χ1) is 7.98. The van der Waals surface area contributed by atoms with E-state index in [2.05, 4.69) is 10.3 Å².